The molecule has 0 radical (unpaired) electrons. The summed E-state index contributed by atoms with van der Waals surface area (Å²) < 4.78 is 4.80. The highest BCUT2D eigenvalue weighted by Crippen LogP contribution is 2.22. The van der Waals surface area contributed by atoms with Gasteiger partial charge in [-0.25, -0.2) is 4.79 Å². The maximum Gasteiger partial charge on any atom is 0.328 e. The number of nitrogens with one attached hydrogen (secondary N) is 1. The first-order valence-electron chi connectivity index (χ1n) is 11.1. The van der Waals surface area contributed by atoms with E-state index in [2.05, 4.69) is 5.32 Å². The summed E-state index contributed by atoms with van der Waals surface area (Å²) in [6.45, 7) is 7.61. The monoisotopic (exact) mass is 454 g/mol. The van der Waals surface area contributed by atoms with E-state index in [9.17, 15) is 24.0 Å². The Morgan fingerprint density at radius 2 is 1.81 bits per heavy atom. The van der Waals surface area contributed by atoms with E-state index in [1.807, 2.05) is 27.7 Å². The molecular formula is C22H38N4O6. The van der Waals surface area contributed by atoms with Gasteiger partial charge in [0.1, 0.15) is 18.1 Å². The molecule has 4 amide bonds. The number of hydrogen-bond acceptors (Lipinski definition) is 6. The largest absolute Gasteiger partial charge is 0.467 e. The second-order valence-electron chi connectivity index (χ2n) is 8.75. The van der Waals surface area contributed by atoms with Crippen molar-refractivity contribution in [1.29, 1.82) is 0 Å². The maximum absolute atomic E-state index is 13.1. The predicted molar refractivity (Wildman–Crippen MR) is 118 cm³/mol. The number of hydrogen-bond donors (Lipinski definition) is 1. The van der Waals surface area contributed by atoms with Crippen molar-refractivity contribution in [2.24, 2.45) is 11.8 Å². The third-order valence-electron chi connectivity index (χ3n) is 6.18. The number of ether oxygens (including phenoxy) is 1. The predicted octanol–water partition coefficient (Wildman–Crippen LogP) is 0.253. The van der Waals surface area contributed by atoms with E-state index in [0.717, 1.165) is 0 Å². The smallest absolute Gasteiger partial charge is 0.328 e. The van der Waals surface area contributed by atoms with Crippen LogP contribution < -0.4 is 5.32 Å². The molecule has 1 aliphatic rings. The van der Waals surface area contributed by atoms with Crippen LogP contribution >= 0.6 is 0 Å². The van der Waals surface area contributed by atoms with Crippen LogP contribution in [-0.4, -0.2) is 97.2 Å². The molecule has 0 saturated carbocycles. The van der Waals surface area contributed by atoms with Gasteiger partial charge in [0.15, 0.2) is 0 Å². The zero-order chi connectivity index (χ0) is 24.6. The molecule has 32 heavy (non-hydrogen) atoms. The van der Waals surface area contributed by atoms with Crippen LogP contribution in [0.3, 0.4) is 0 Å². The first-order valence-corrected chi connectivity index (χ1v) is 11.1. The van der Waals surface area contributed by atoms with Crippen molar-refractivity contribution in [2.75, 3.05) is 34.3 Å². The molecule has 0 spiro atoms. The summed E-state index contributed by atoms with van der Waals surface area (Å²) in [5, 5.41) is 2.58. The van der Waals surface area contributed by atoms with Gasteiger partial charge in [-0.2, -0.15) is 0 Å². The number of likely N-dealkylation sites (N-methyl/N-ethyl adjacent to an activating group) is 2. The van der Waals surface area contributed by atoms with Crippen LogP contribution in [0.25, 0.3) is 0 Å². The fourth-order valence-electron chi connectivity index (χ4n) is 4.05. The van der Waals surface area contributed by atoms with E-state index in [0.29, 0.717) is 32.2 Å². The van der Waals surface area contributed by atoms with Crippen molar-refractivity contribution >= 4 is 30.1 Å². The zero-order valence-corrected chi connectivity index (χ0v) is 20.3. The zero-order valence-electron chi connectivity index (χ0n) is 20.3. The fraction of sp³-hybridized carbons (Fsp3) is 0.773. The third-order valence-corrected chi connectivity index (χ3v) is 6.18. The lowest BCUT2D eigenvalue weighted by Gasteiger charge is -2.33. The Labute approximate surface area is 190 Å². The van der Waals surface area contributed by atoms with Crippen LogP contribution in [-0.2, 0) is 28.7 Å². The second kappa shape index (κ2) is 12.4. The van der Waals surface area contributed by atoms with Crippen molar-refractivity contribution in [3.05, 3.63) is 0 Å². The Balaban J connectivity index is 2.91. The normalized spacial score (nSPS) is 18.5. The van der Waals surface area contributed by atoms with Crippen LogP contribution in [0.2, 0.25) is 0 Å². The Bertz CT molecular complexity index is 698. The molecule has 0 aliphatic carbocycles. The minimum absolute atomic E-state index is 0.0803. The molecule has 182 valence electrons. The van der Waals surface area contributed by atoms with Crippen molar-refractivity contribution in [2.45, 2.75) is 65.1 Å². The molecule has 4 atom stereocenters. The molecule has 10 heteroatoms. The molecule has 1 heterocycles. The van der Waals surface area contributed by atoms with Crippen molar-refractivity contribution in [3.8, 4) is 0 Å². The number of esters is 1. The van der Waals surface area contributed by atoms with Gasteiger partial charge in [0, 0.05) is 20.6 Å². The molecule has 0 unspecified atom stereocenters. The highest BCUT2D eigenvalue weighted by atomic mass is 16.5. The van der Waals surface area contributed by atoms with E-state index in [-0.39, 0.29) is 30.2 Å². The SMILES string of the molecule is CC[C@H](C)[C@H](NC=O)C(=O)N1CCC[C@H]1C(=O)N(C)CC(=O)N(C)[C@H](C(=O)OC)C(C)C. The van der Waals surface area contributed by atoms with Crippen LogP contribution in [0.1, 0.15) is 47.0 Å². The van der Waals surface area contributed by atoms with Gasteiger partial charge in [-0.15, -0.1) is 0 Å². The summed E-state index contributed by atoms with van der Waals surface area (Å²) in [7, 11) is 4.28. The van der Waals surface area contributed by atoms with Crippen LogP contribution in [0.4, 0.5) is 0 Å². The van der Waals surface area contributed by atoms with Crippen LogP contribution in [0.5, 0.6) is 0 Å². The van der Waals surface area contributed by atoms with Crippen molar-refractivity contribution < 1.29 is 28.7 Å². The van der Waals surface area contributed by atoms with E-state index in [1.165, 1.54) is 35.9 Å². The molecule has 1 saturated heterocycles. The number of likely N-dealkylation sites (tertiary alicyclic amines) is 1. The molecule has 0 bridgehead atoms. The van der Waals surface area contributed by atoms with Crippen LogP contribution in [0.15, 0.2) is 0 Å². The molecule has 0 aromatic carbocycles. The van der Waals surface area contributed by atoms with Gasteiger partial charge in [0.2, 0.25) is 24.1 Å². The first-order chi connectivity index (χ1) is 15.0. The van der Waals surface area contributed by atoms with Gasteiger partial charge in [-0.3, -0.25) is 19.2 Å². The Morgan fingerprint density at radius 1 is 1.19 bits per heavy atom. The number of amides is 4. The lowest BCUT2D eigenvalue weighted by Crippen LogP contribution is -2.55. The van der Waals surface area contributed by atoms with Gasteiger partial charge in [-0.1, -0.05) is 34.1 Å². The molecule has 1 N–H and O–H groups in total. The summed E-state index contributed by atoms with van der Waals surface area (Å²) in [4.78, 5) is 66.1. The summed E-state index contributed by atoms with van der Waals surface area (Å²) in [6.07, 6.45) is 2.36. The third kappa shape index (κ3) is 6.43. The first kappa shape index (κ1) is 27.4. The van der Waals surface area contributed by atoms with Crippen LogP contribution in [0, 0.1) is 11.8 Å². The number of rotatable bonds is 11. The van der Waals surface area contributed by atoms with Crippen molar-refractivity contribution in [1.82, 2.24) is 20.0 Å². The minimum atomic E-state index is -0.758. The lowest BCUT2D eigenvalue weighted by atomic mass is 9.97. The Kier molecular flexibility index (Phi) is 10.6. The average molecular weight is 455 g/mol. The summed E-state index contributed by atoms with van der Waals surface area (Å²) in [5.41, 5.74) is 0. The quantitative estimate of drug-likeness (QED) is 0.353. The molecule has 1 aliphatic heterocycles. The number of carbonyl (C=O) groups excluding carboxylic acids is 5. The molecule has 10 nitrogen and oxygen atoms in total. The molecule has 1 fully saturated rings. The number of nitrogens with zero attached hydrogens (tertiary/aromatic N) is 3. The summed E-state index contributed by atoms with van der Waals surface area (Å²) in [6, 6.07) is -2.14. The Hall–Kier alpha value is -2.65. The minimum Gasteiger partial charge on any atom is -0.467 e. The van der Waals surface area contributed by atoms with Gasteiger partial charge < -0.3 is 24.8 Å². The van der Waals surface area contributed by atoms with E-state index >= 15 is 0 Å². The van der Waals surface area contributed by atoms with Gasteiger partial charge in [0.05, 0.1) is 13.7 Å². The average Bonchev–Trinajstić information content (AvgIpc) is 3.25. The summed E-state index contributed by atoms with van der Waals surface area (Å²) in [5.74, 6) is -1.79. The number of carbonyl (C=O) groups is 5. The molecule has 0 aromatic rings. The number of methoxy groups -OCH3 is 1. The Morgan fingerprint density at radius 3 is 2.31 bits per heavy atom. The highest BCUT2D eigenvalue weighted by molar-refractivity contribution is 5.93. The summed E-state index contributed by atoms with van der Waals surface area (Å²) >= 11 is 0. The van der Waals surface area contributed by atoms with Gasteiger partial charge >= 0.3 is 5.97 Å². The lowest BCUT2D eigenvalue weighted by molar-refractivity contribution is -0.155. The van der Waals surface area contributed by atoms with E-state index in [4.69, 9.17) is 4.74 Å². The van der Waals surface area contributed by atoms with Gasteiger partial charge in [-0.05, 0) is 24.7 Å². The van der Waals surface area contributed by atoms with Gasteiger partial charge in [0.25, 0.3) is 0 Å². The standard InChI is InChI=1S/C22H38N4O6/c1-8-15(4)18(23-13-27)21(30)26-11-9-10-16(26)20(29)24(5)12-17(28)25(6)19(14(2)3)22(31)32-7/h13-16,18-19H,8-12H2,1-7H3,(H,23,27)/t15-,16-,18-,19-/m0/s1. The second-order valence-corrected chi connectivity index (χ2v) is 8.75. The highest BCUT2D eigenvalue weighted by Gasteiger charge is 2.40. The van der Waals surface area contributed by atoms with E-state index < -0.39 is 30.0 Å². The molecular weight excluding hydrogens is 416 g/mol. The molecule has 0 aromatic heterocycles. The topological polar surface area (TPSA) is 116 Å². The fourth-order valence-corrected chi connectivity index (χ4v) is 4.05. The van der Waals surface area contributed by atoms with E-state index in [1.54, 1.807) is 0 Å². The molecule has 1 rings (SSSR count). The maximum atomic E-state index is 13.1. The van der Waals surface area contributed by atoms with Crippen molar-refractivity contribution in [3.63, 3.8) is 0 Å².